The lowest BCUT2D eigenvalue weighted by molar-refractivity contribution is 0.671. The van der Waals surface area contributed by atoms with Crippen molar-refractivity contribution in [2.75, 3.05) is 0 Å². The largest absolute Gasteiger partial charge is 0.455 e. The van der Waals surface area contributed by atoms with E-state index in [1.54, 1.807) is 18.6 Å². The van der Waals surface area contributed by atoms with Gasteiger partial charge in [0.2, 0.25) is 0 Å². The number of fused-ring (bicyclic) bond motifs is 3. The number of rotatable bonds is 6. The van der Waals surface area contributed by atoms with E-state index >= 15 is 0 Å². The van der Waals surface area contributed by atoms with E-state index in [2.05, 4.69) is 99.9 Å². The smallest absolute Gasteiger partial charge is 0.143 e. The zero-order valence-corrected chi connectivity index (χ0v) is 27.4. The van der Waals surface area contributed by atoms with Crippen LogP contribution in [0.15, 0.2) is 175 Å². The number of pyridine rings is 3. The fourth-order valence-corrected chi connectivity index (χ4v) is 6.92. The Morgan fingerprint density at radius 2 is 0.824 bits per heavy atom. The van der Waals surface area contributed by atoms with Crippen LogP contribution in [-0.2, 0) is 0 Å². The first-order chi connectivity index (χ1) is 25.2. The minimum Gasteiger partial charge on any atom is -0.455 e. The van der Waals surface area contributed by atoms with E-state index in [0.717, 1.165) is 88.7 Å². The molecule has 4 heterocycles. The molecule has 0 aliphatic carbocycles. The van der Waals surface area contributed by atoms with Gasteiger partial charge in [-0.05, 0) is 94.0 Å². The van der Waals surface area contributed by atoms with E-state index in [1.807, 2.05) is 73.2 Å². The SMILES string of the molecule is N#Cc1ccccc1-c1cccc2c1oc1c(-c3cc(-c4cccnc4)cc(-c4cc(-c5cccnc5)cc(-c5cccnc5)c4)c3)cccc12. The van der Waals surface area contributed by atoms with Crippen LogP contribution in [0.25, 0.3) is 88.7 Å². The molecule has 9 rings (SSSR count). The molecule has 0 aliphatic rings. The van der Waals surface area contributed by atoms with Gasteiger partial charge in [0, 0.05) is 81.3 Å². The Hall–Kier alpha value is -7.16. The number of furan rings is 1. The van der Waals surface area contributed by atoms with Crippen molar-refractivity contribution in [1.29, 1.82) is 5.26 Å². The van der Waals surface area contributed by atoms with Crippen molar-refractivity contribution in [3.63, 3.8) is 0 Å². The normalized spacial score (nSPS) is 11.1. The summed E-state index contributed by atoms with van der Waals surface area (Å²) in [6, 6.07) is 47.9. The summed E-state index contributed by atoms with van der Waals surface area (Å²) in [5.41, 5.74) is 14.3. The Labute approximate surface area is 294 Å². The standard InChI is InChI=1S/C46H28N4O/c47-26-30-8-1-2-12-40(30)42-14-4-16-44-43-15-3-13-41(45(43)51-46(42)44)39-24-36(33-11-7-19-50-29-33)23-38(25-39)37-21-34(31-9-5-17-48-27-31)20-35(22-37)32-10-6-18-49-28-32/h1-25,27-29H. The summed E-state index contributed by atoms with van der Waals surface area (Å²) in [7, 11) is 0. The highest BCUT2D eigenvalue weighted by atomic mass is 16.3. The van der Waals surface area contributed by atoms with Gasteiger partial charge < -0.3 is 4.42 Å². The van der Waals surface area contributed by atoms with Gasteiger partial charge in [-0.15, -0.1) is 0 Å². The van der Waals surface area contributed by atoms with Gasteiger partial charge in [-0.25, -0.2) is 0 Å². The second-order valence-corrected chi connectivity index (χ2v) is 12.4. The Morgan fingerprint density at radius 3 is 1.31 bits per heavy atom. The molecule has 0 atom stereocenters. The van der Waals surface area contributed by atoms with Crippen molar-refractivity contribution in [3.8, 4) is 72.8 Å². The second kappa shape index (κ2) is 12.7. The van der Waals surface area contributed by atoms with Crippen LogP contribution in [0.1, 0.15) is 5.56 Å². The van der Waals surface area contributed by atoms with Gasteiger partial charge in [0.15, 0.2) is 0 Å². The summed E-state index contributed by atoms with van der Waals surface area (Å²) in [6.07, 6.45) is 11.1. The van der Waals surface area contributed by atoms with Gasteiger partial charge in [0.25, 0.3) is 0 Å². The van der Waals surface area contributed by atoms with Crippen LogP contribution in [0.3, 0.4) is 0 Å². The first kappa shape index (κ1) is 29.9. The fourth-order valence-electron chi connectivity index (χ4n) is 6.92. The molecule has 51 heavy (non-hydrogen) atoms. The molecule has 0 saturated heterocycles. The number of benzene rings is 5. The Morgan fingerprint density at radius 1 is 0.392 bits per heavy atom. The minimum absolute atomic E-state index is 0.610. The van der Waals surface area contributed by atoms with Crippen LogP contribution in [0.4, 0.5) is 0 Å². The van der Waals surface area contributed by atoms with Gasteiger partial charge >= 0.3 is 0 Å². The highest BCUT2D eigenvalue weighted by molar-refractivity contribution is 6.13. The molecule has 238 valence electrons. The topological polar surface area (TPSA) is 75.6 Å². The van der Waals surface area contributed by atoms with Crippen molar-refractivity contribution < 1.29 is 4.42 Å². The van der Waals surface area contributed by atoms with Crippen molar-refractivity contribution in [2.24, 2.45) is 0 Å². The Bertz CT molecular complexity index is 2690. The van der Waals surface area contributed by atoms with Crippen molar-refractivity contribution in [1.82, 2.24) is 15.0 Å². The van der Waals surface area contributed by atoms with E-state index in [9.17, 15) is 5.26 Å². The number of para-hydroxylation sites is 2. The van der Waals surface area contributed by atoms with Gasteiger partial charge in [0.05, 0.1) is 11.6 Å². The van der Waals surface area contributed by atoms with Crippen LogP contribution in [0.5, 0.6) is 0 Å². The van der Waals surface area contributed by atoms with Gasteiger partial charge in [-0.2, -0.15) is 5.26 Å². The van der Waals surface area contributed by atoms with Crippen LogP contribution in [-0.4, -0.2) is 15.0 Å². The number of hydrogen-bond donors (Lipinski definition) is 0. The maximum Gasteiger partial charge on any atom is 0.143 e. The third-order valence-electron chi connectivity index (χ3n) is 9.36. The molecule has 0 fully saturated rings. The maximum absolute atomic E-state index is 9.90. The molecular weight excluding hydrogens is 625 g/mol. The first-order valence-corrected chi connectivity index (χ1v) is 16.7. The molecule has 5 heteroatoms. The molecule has 5 nitrogen and oxygen atoms in total. The average molecular weight is 653 g/mol. The van der Waals surface area contributed by atoms with Gasteiger partial charge in [-0.3, -0.25) is 15.0 Å². The second-order valence-electron chi connectivity index (χ2n) is 12.4. The lowest BCUT2D eigenvalue weighted by atomic mass is 9.90. The minimum atomic E-state index is 0.610. The van der Waals surface area contributed by atoms with Crippen LogP contribution in [0.2, 0.25) is 0 Å². The Kier molecular flexibility index (Phi) is 7.46. The molecule has 4 aromatic heterocycles. The maximum atomic E-state index is 9.90. The summed E-state index contributed by atoms with van der Waals surface area (Å²) in [4.78, 5) is 13.3. The summed E-state index contributed by atoms with van der Waals surface area (Å²) in [6.45, 7) is 0. The van der Waals surface area contributed by atoms with E-state index in [4.69, 9.17) is 4.42 Å². The molecule has 0 saturated carbocycles. The van der Waals surface area contributed by atoms with Crippen LogP contribution >= 0.6 is 0 Å². The van der Waals surface area contributed by atoms with E-state index in [-0.39, 0.29) is 0 Å². The van der Waals surface area contributed by atoms with E-state index in [0.29, 0.717) is 5.56 Å². The first-order valence-electron chi connectivity index (χ1n) is 16.7. The van der Waals surface area contributed by atoms with Crippen molar-refractivity contribution in [3.05, 3.63) is 176 Å². The van der Waals surface area contributed by atoms with E-state index < -0.39 is 0 Å². The average Bonchev–Trinajstić information content (AvgIpc) is 3.61. The summed E-state index contributed by atoms with van der Waals surface area (Å²) in [5, 5.41) is 11.9. The van der Waals surface area contributed by atoms with E-state index in [1.165, 1.54) is 0 Å². The lowest BCUT2D eigenvalue weighted by Crippen LogP contribution is -1.90. The molecule has 0 spiro atoms. The molecule has 0 amide bonds. The van der Waals surface area contributed by atoms with Crippen LogP contribution in [0, 0.1) is 11.3 Å². The van der Waals surface area contributed by atoms with Crippen molar-refractivity contribution in [2.45, 2.75) is 0 Å². The molecule has 0 bridgehead atoms. The molecule has 9 aromatic rings. The fraction of sp³-hybridized carbons (Fsp3) is 0. The van der Waals surface area contributed by atoms with Crippen LogP contribution < -0.4 is 0 Å². The molecule has 0 radical (unpaired) electrons. The Balaban J connectivity index is 1.28. The number of aromatic nitrogens is 3. The number of hydrogen-bond acceptors (Lipinski definition) is 5. The quantitative estimate of drug-likeness (QED) is 0.179. The summed E-state index contributed by atoms with van der Waals surface area (Å²) in [5.74, 6) is 0. The van der Waals surface area contributed by atoms with Gasteiger partial charge in [0.1, 0.15) is 11.2 Å². The number of nitriles is 1. The predicted octanol–water partition coefficient (Wildman–Crippen LogP) is 11.6. The third-order valence-corrected chi connectivity index (χ3v) is 9.36. The molecule has 0 aliphatic heterocycles. The molecule has 0 unspecified atom stereocenters. The van der Waals surface area contributed by atoms with Crippen molar-refractivity contribution >= 4 is 21.9 Å². The summed E-state index contributed by atoms with van der Waals surface area (Å²) < 4.78 is 6.83. The lowest BCUT2D eigenvalue weighted by Gasteiger charge is -2.14. The summed E-state index contributed by atoms with van der Waals surface area (Å²) >= 11 is 0. The highest BCUT2D eigenvalue weighted by Gasteiger charge is 2.18. The molecule has 0 N–H and O–H groups in total. The zero-order chi connectivity index (χ0) is 34.1. The third kappa shape index (κ3) is 5.51. The highest BCUT2D eigenvalue weighted by Crippen LogP contribution is 2.43. The molecule has 5 aromatic carbocycles. The van der Waals surface area contributed by atoms with Gasteiger partial charge in [-0.1, -0.05) is 72.8 Å². The predicted molar refractivity (Wildman–Crippen MR) is 204 cm³/mol. The monoisotopic (exact) mass is 652 g/mol. The number of nitrogens with zero attached hydrogens (tertiary/aromatic N) is 4. The zero-order valence-electron chi connectivity index (χ0n) is 27.4. The molecular formula is C46H28N4O.